The Morgan fingerprint density at radius 2 is 1.94 bits per heavy atom. The first-order valence-corrected chi connectivity index (χ1v) is 5.72. The molecule has 0 unspecified atom stereocenters. The summed E-state index contributed by atoms with van der Waals surface area (Å²) in [7, 11) is 0. The Bertz CT molecular complexity index is 427. The molecular formula is C12H15N3O3. The van der Waals surface area contributed by atoms with Crippen LogP contribution < -0.4 is 5.43 Å². The van der Waals surface area contributed by atoms with Crippen LogP contribution >= 0.6 is 0 Å². The van der Waals surface area contributed by atoms with Crippen LogP contribution in [0.3, 0.4) is 0 Å². The quantitative estimate of drug-likeness (QED) is 0.457. The van der Waals surface area contributed by atoms with Crippen LogP contribution in [-0.4, -0.2) is 48.1 Å². The van der Waals surface area contributed by atoms with Crippen LogP contribution in [-0.2, 0) is 9.53 Å². The zero-order valence-electron chi connectivity index (χ0n) is 9.87. The number of ether oxygens (including phenoxy) is 1. The molecule has 1 aliphatic rings. The second-order valence-electron chi connectivity index (χ2n) is 3.85. The Morgan fingerprint density at radius 1 is 1.28 bits per heavy atom. The predicted octanol–water partition coefficient (Wildman–Crippen LogP) is 0.228. The number of carbonyl (C=O) groups is 1. The number of morpholine rings is 1. The summed E-state index contributed by atoms with van der Waals surface area (Å²) in [6.07, 6.45) is 0. The molecule has 2 N–H and O–H groups in total. The molecule has 1 amide bonds. The zero-order chi connectivity index (χ0) is 12.8. The summed E-state index contributed by atoms with van der Waals surface area (Å²) in [5.41, 5.74) is 3.27. The van der Waals surface area contributed by atoms with Gasteiger partial charge in [0, 0.05) is 18.7 Å². The lowest BCUT2D eigenvalue weighted by molar-refractivity contribution is -0.121. The van der Waals surface area contributed by atoms with E-state index in [2.05, 4.69) is 10.6 Å². The molecule has 6 nitrogen and oxygen atoms in total. The number of oxime groups is 1. The fourth-order valence-corrected chi connectivity index (χ4v) is 1.70. The van der Waals surface area contributed by atoms with Crippen molar-refractivity contribution in [1.29, 1.82) is 0 Å². The maximum Gasteiger partial charge on any atom is 0.288 e. The lowest BCUT2D eigenvalue weighted by atomic mass is 10.1. The lowest BCUT2D eigenvalue weighted by Gasteiger charge is -2.26. The average molecular weight is 249 g/mol. The molecule has 0 atom stereocenters. The minimum atomic E-state index is -0.425. The van der Waals surface area contributed by atoms with Crippen LogP contribution in [0.25, 0.3) is 0 Å². The lowest BCUT2D eigenvalue weighted by Crippen LogP contribution is -2.50. The number of amides is 1. The summed E-state index contributed by atoms with van der Waals surface area (Å²) in [4.78, 5) is 12.0. The third-order valence-corrected chi connectivity index (χ3v) is 2.63. The highest BCUT2D eigenvalue weighted by atomic mass is 16.5. The van der Waals surface area contributed by atoms with Crippen LogP contribution in [0.5, 0.6) is 0 Å². The molecule has 1 saturated heterocycles. The Kier molecular flexibility index (Phi) is 4.27. The van der Waals surface area contributed by atoms with E-state index >= 15 is 0 Å². The first-order chi connectivity index (χ1) is 8.81. The number of nitrogens with one attached hydrogen (secondary N) is 1. The van der Waals surface area contributed by atoms with E-state index < -0.39 is 5.91 Å². The van der Waals surface area contributed by atoms with Crippen molar-refractivity contribution in [3.05, 3.63) is 35.9 Å². The number of nitrogens with zero attached hydrogens (tertiary/aromatic N) is 2. The van der Waals surface area contributed by atoms with Gasteiger partial charge in [0.05, 0.1) is 13.2 Å². The Morgan fingerprint density at radius 3 is 2.56 bits per heavy atom. The summed E-state index contributed by atoms with van der Waals surface area (Å²) in [5, 5.41) is 13.8. The Labute approximate surface area is 105 Å². The number of carbonyl (C=O) groups excluding carboxylic acids is 1. The van der Waals surface area contributed by atoms with E-state index in [1.807, 2.05) is 6.07 Å². The molecular weight excluding hydrogens is 234 g/mol. The van der Waals surface area contributed by atoms with Crippen LogP contribution in [0, 0.1) is 0 Å². The van der Waals surface area contributed by atoms with Crippen LogP contribution in [0.15, 0.2) is 35.5 Å². The Balaban J connectivity index is 2.02. The van der Waals surface area contributed by atoms with E-state index in [-0.39, 0.29) is 5.71 Å². The van der Waals surface area contributed by atoms with Crippen LogP contribution in [0.1, 0.15) is 5.56 Å². The first-order valence-electron chi connectivity index (χ1n) is 5.72. The molecule has 0 bridgehead atoms. The normalized spacial score (nSPS) is 17.4. The molecule has 1 aromatic carbocycles. The summed E-state index contributed by atoms with van der Waals surface area (Å²) in [5.74, 6) is -0.425. The van der Waals surface area contributed by atoms with Gasteiger partial charge in [-0.2, -0.15) is 0 Å². The minimum absolute atomic E-state index is 0.00194. The molecule has 0 aromatic heterocycles. The van der Waals surface area contributed by atoms with Crippen molar-refractivity contribution in [2.45, 2.75) is 0 Å². The van der Waals surface area contributed by atoms with Gasteiger partial charge < -0.3 is 9.94 Å². The van der Waals surface area contributed by atoms with E-state index in [0.29, 0.717) is 31.9 Å². The maximum absolute atomic E-state index is 12.0. The van der Waals surface area contributed by atoms with Crippen molar-refractivity contribution in [3.8, 4) is 0 Å². The Hall–Kier alpha value is -1.92. The summed E-state index contributed by atoms with van der Waals surface area (Å²) < 4.78 is 5.18. The number of rotatable bonds is 3. The van der Waals surface area contributed by atoms with E-state index in [0.717, 1.165) is 0 Å². The first kappa shape index (κ1) is 12.5. The topological polar surface area (TPSA) is 74.2 Å². The standard InChI is InChI=1S/C12H15N3O3/c16-12(13-15-6-8-18-9-7-15)11(14-17)10-4-2-1-3-5-10/h1-5,17H,6-9H2,(H,13,16). The van der Waals surface area contributed by atoms with Gasteiger partial charge in [-0.1, -0.05) is 35.5 Å². The summed E-state index contributed by atoms with van der Waals surface area (Å²) in [6.45, 7) is 2.41. The predicted molar refractivity (Wildman–Crippen MR) is 65.3 cm³/mol. The molecule has 1 aliphatic heterocycles. The largest absolute Gasteiger partial charge is 0.410 e. The highest BCUT2D eigenvalue weighted by molar-refractivity contribution is 6.45. The number of benzene rings is 1. The van der Waals surface area contributed by atoms with Gasteiger partial charge in [-0.25, -0.2) is 5.01 Å². The van der Waals surface area contributed by atoms with Crippen molar-refractivity contribution < 1.29 is 14.7 Å². The molecule has 1 fully saturated rings. The molecule has 0 aliphatic carbocycles. The molecule has 0 radical (unpaired) electrons. The third kappa shape index (κ3) is 3.06. The van der Waals surface area contributed by atoms with E-state index in [9.17, 15) is 4.79 Å². The van der Waals surface area contributed by atoms with Crippen molar-refractivity contribution in [1.82, 2.24) is 10.4 Å². The van der Waals surface area contributed by atoms with Crippen LogP contribution in [0.4, 0.5) is 0 Å². The highest BCUT2D eigenvalue weighted by Gasteiger charge is 2.18. The molecule has 1 heterocycles. The van der Waals surface area contributed by atoms with Crippen molar-refractivity contribution >= 4 is 11.6 Å². The van der Waals surface area contributed by atoms with Gasteiger partial charge in [-0.05, 0) is 0 Å². The fraction of sp³-hybridized carbons (Fsp3) is 0.333. The molecule has 1 aromatic rings. The minimum Gasteiger partial charge on any atom is -0.410 e. The number of hydrogen-bond acceptors (Lipinski definition) is 5. The average Bonchev–Trinajstić information content (AvgIpc) is 2.42. The SMILES string of the molecule is O=C(NN1CCOCC1)C(=NO)c1ccccc1. The second-order valence-corrected chi connectivity index (χ2v) is 3.85. The zero-order valence-corrected chi connectivity index (χ0v) is 9.87. The van der Waals surface area contributed by atoms with Gasteiger partial charge in [0.1, 0.15) is 0 Å². The molecule has 0 saturated carbocycles. The molecule has 18 heavy (non-hydrogen) atoms. The molecule has 2 rings (SSSR count). The van der Waals surface area contributed by atoms with Gasteiger partial charge in [0.15, 0.2) is 5.71 Å². The highest BCUT2D eigenvalue weighted by Crippen LogP contribution is 2.02. The van der Waals surface area contributed by atoms with Gasteiger partial charge in [0.2, 0.25) is 0 Å². The van der Waals surface area contributed by atoms with Gasteiger partial charge in [-0.3, -0.25) is 10.2 Å². The molecule has 96 valence electrons. The van der Waals surface area contributed by atoms with Gasteiger partial charge >= 0.3 is 0 Å². The van der Waals surface area contributed by atoms with Gasteiger partial charge in [-0.15, -0.1) is 0 Å². The van der Waals surface area contributed by atoms with E-state index in [1.54, 1.807) is 29.3 Å². The van der Waals surface area contributed by atoms with Crippen molar-refractivity contribution in [2.24, 2.45) is 5.16 Å². The van der Waals surface area contributed by atoms with Crippen molar-refractivity contribution in [2.75, 3.05) is 26.3 Å². The summed E-state index contributed by atoms with van der Waals surface area (Å²) >= 11 is 0. The van der Waals surface area contributed by atoms with Crippen LogP contribution in [0.2, 0.25) is 0 Å². The van der Waals surface area contributed by atoms with Gasteiger partial charge in [0.25, 0.3) is 5.91 Å². The van der Waals surface area contributed by atoms with Crippen molar-refractivity contribution in [3.63, 3.8) is 0 Å². The van der Waals surface area contributed by atoms with E-state index in [1.165, 1.54) is 0 Å². The number of hydrazine groups is 1. The summed E-state index contributed by atoms with van der Waals surface area (Å²) in [6, 6.07) is 8.82. The fourth-order valence-electron chi connectivity index (χ4n) is 1.70. The third-order valence-electron chi connectivity index (χ3n) is 2.63. The molecule has 0 spiro atoms. The number of hydrogen-bond donors (Lipinski definition) is 2. The smallest absolute Gasteiger partial charge is 0.288 e. The van der Waals surface area contributed by atoms with E-state index in [4.69, 9.17) is 9.94 Å². The second kappa shape index (κ2) is 6.13. The monoisotopic (exact) mass is 249 g/mol. The molecule has 6 heteroatoms. The maximum atomic E-state index is 12.0.